The molecule has 2 nitrogen and oxygen atoms in total. The van der Waals surface area contributed by atoms with Gasteiger partial charge in [-0.2, -0.15) is 0 Å². The first-order valence-electron chi connectivity index (χ1n) is 8.23. The summed E-state index contributed by atoms with van der Waals surface area (Å²) in [4.78, 5) is 0. The molecule has 0 saturated carbocycles. The predicted molar refractivity (Wildman–Crippen MR) is 102 cm³/mol. The number of hydrogen-bond acceptors (Lipinski definition) is 2. The van der Waals surface area contributed by atoms with E-state index in [1.807, 2.05) is 18.2 Å². The van der Waals surface area contributed by atoms with Gasteiger partial charge in [0.1, 0.15) is 0 Å². The van der Waals surface area contributed by atoms with E-state index >= 15 is 0 Å². The fourth-order valence-corrected chi connectivity index (χ4v) is 17.2. The molecule has 3 aromatic rings. The van der Waals surface area contributed by atoms with E-state index < -0.39 is 24.5 Å². The first-order chi connectivity index (χ1) is 11.8. The molecular weight excluding hydrogens is 403 g/mol. The monoisotopic (exact) mass is 426 g/mol. The quantitative estimate of drug-likeness (QED) is 0.589. The molecule has 3 heteroatoms. The van der Waals surface area contributed by atoms with E-state index in [2.05, 4.69) is 72.8 Å². The molecule has 0 spiro atoms. The van der Waals surface area contributed by atoms with Crippen LogP contribution in [0.15, 0.2) is 91.0 Å². The third-order valence-electron chi connectivity index (χ3n) is 4.55. The van der Waals surface area contributed by atoms with Crippen LogP contribution in [0.25, 0.3) is 0 Å². The van der Waals surface area contributed by atoms with Gasteiger partial charge < -0.3 is 0 Å². The summed E-state index contributed by atoms with van der Waals surface area (Å²) in [5, 5.41) is 19.9. The third kappa shape index (κ3) is 3.41. The Morgan fingerprint density at radius 2 is 0.958 bits per heavy atom. The van der Waals surface area contributed by atoms with Gasteiger partial charge in [-0.05, 0) is 0 Å². The van der Waals surface area contributed by atoms with Crippen molar-refractivity contribution in [3.63, 3.8) is 0 Å². The molecule has 3 rings (SSSR count). The third-order valence-corrected chi connectivity index (χ3v) is 18.9. The van der Waals surface area contributed by atoms with Crippen molar-refractivity contribution in [1.29, 1.82) is 0 Å². The van der Waals surface area contributed by atoms with Crippen LogP contribution in [0.4, 0.5) is 0 Å². The summed E-state index contributed by atoms with van der Waals surface area (Å²) in [7, 11) is 0. The Morgan fingerprint density at radius 3 is 1.25 bits per heavy atom. The molecule has 0 aliphatic rings. The average molecular weight is 425 g/mol. The van der Waals surface area contributed by atoms with E-state index in [4.69, 9.17) is 0 Å². The first-order valence-corrected chi connectivity index (χ1v) is 14.5. The summed E-state index contributed by atoms with van der Waals surface area (Å²) in [6.07, 6.45) is -0.707. The summed E-state index contributed by atoms with van der Waals surface area (Å²) in [6.45, 7) is -0.203. The van der Waals surface area contributed by atoms with Gasteiger partial charge in [-0.15, -0.1) is 0 Å². The van der Waals surface area contributed by atoms with Crippen molar-refractivity contribution in [3.05, 3.63) is 91.0 Å². The topological polar surface area (TPSA) is 40.5 Å². The average Bonchev–Trinajstić information content (AvgIpc) is 2.68. The summed E-state index contributed by atoms with van der Waals surface area (Å²) < 4.78 is 4.58. The summed E-state index contributed by atoms with van der Waals surface area (Å²) in [5.41, 5.74) is 0. The molecule has 0 aromatic heterocycles. The van der Waals surface area contributed by atoms with Crippen molar-refractivity contribution in [1.82, 2.24) is 0 Å². The molecule has 0 amide bonds. The molecule has 0 fully saturated rings. The van der Waals surface area contributed by atoms with E-state index in [0.29, 0.717) is 4.44 Å². The molecule has 0 saturated heterocycles. The van der Waals surface area contributed by atoms with Crippen LogP contribution in [-0.2, 0) is 0 Å². The first kappa shape index (κ1) is 17.2. The molecule has 24 heavy (non-hydrogen) atoms. The van der Waals surface area contributed by atoms with Crippen molar-refractivity contribution in [3.8, 4) is 0 Å². The van der Waals surface area contributed by atoms with Crippen molar-refractivity contribution < 1.29 is 10.2 Å². The van der Waals surface area contributed by atoms with Gasteiger partial charge in [-0.3, -0.25) is 0 Å². The van der Waals surface area contributed by atoms with Gasteiger partial charge in [0.2, 0.25) is 0 Å². The van der Waals surface area contributed by atoms with Gasteiger partial charge in [0.05, 0.1) is 0 Å². The summed E-state index contributed by atoms with van der Waals surface area (Å²) in [5.74, 6) is 0. The van der Waals surface area contributed by atoms with Crippen LogP contribution in [0.1, 0.15) is 0 Å². The van der Waals surface area contributed by atoms with Gasteiger partial charge in [0.15, 0.2) is 0 Å². The molecule has 0 aliphatic heterocycles. The molecule has 2 N–H and O–H groups in total. The van der Waals surface area contributed by atoms with Gasteiger partial charge >= 0.3 is 147 Å². The van der Waals surface area contributed by atoms with E-state index in [0.717, 1.165) is 0 Å². The molecule has 1 atom stereocenters. The van der Waals surface area contributed by atoms with Crippen molar-refractivity contribution in [2.24, 2.45) is 0 Å². The minimum absolute atomic E-state index is 0.203. The maximum atomic E-state index is 10.4. The summed E-state index contributed by atoms with van der Waals surface area (Å²) >= 11 is -3.40. The van der Waals surface area contributed by atoms with Crippen LogP contribution in [0.3, 0.4) is 0 Å². The Bertz CT molecular complexity index is 648. The zero-order chi connectivity index (χ0) is 16.8. The number of hydrogen-bond donors (Lipinski definition) is 2. The van der Waals surface area contributed by atoms with Crippen LogP contribution in [-0.4, -0.2) is 41.3 Å². The Balaban J connectivity index is 2.28. The van der Waals surface area contributed by atoms with E-state index in [9.17, 15) is 10.2 Å². The van der Waals surface area contributed by atoms with Crippen molar-refractivity contribution in [2.45, 2.75) is 10.5 Å². The Hall–Kier alpha value is -1.62. The van der Waals surface area contributed by atoms with Crippen LogP contribution < -0.4 is 10.7 Å². The Labute approximate surface area is 147 Å². The second kappa shape index (κ2) is 7.97. The fraction of sp³-hybridized carbons (Fsp3) is 0.143. The van der Waals surface area contributed by atoms with E-state index in [1.54, 1.807) is 0 Å². The molecule has 122 valence electrons. The maximum absolute atomic E-state index is 10.4. The Morgan fingerprint density at radius 1 is 0.625 bits per heavy atom. The van der Waals surface area contributed by atoms with Crippen LogP contribution >= 0.6 is 0 Å². The molecule has 0 radical (unpaired) electrons. The zero-order valence-electron chi connectivity index (χ0n) is 13.5. The van der Waals surface area contributed by atoms with Gasteiger partial charge in [0, 0.05) is 0 Å². The van der Waals surface area contributed by atoms with Crippen molar-refractivity contribution in [2.75, 3.05) is 6.61 Å². The van der Waals surface area contributed by atoms with Gasteiger partial charge in [-0.25, -0.2) is 0 Å². The number of benzene rings is 3. The number of aliphatic hydroxyl groups is 2. The standard InChI is InChI=1S/3C6H5.C3H7O2.Sn/c3*1-2-4-6-5-3-1;1-3(5)2-4;/h3*1-5H;3-5H,1-2H2;. The van der Waals surface area contributed by atoms with Crippen LogP contribution in [0.5, 0.6) is 0 Å². The van der Waals surface area contributed by atoms with E-state index in [-0.39, 0.29) is 6.61 Å². The van der Waals surface area contributed by atoms with E-state index in [1.165, 1.54) is 10.7 Å². The van der Waals surface area contributed by atoms with Crippen LogP contribution in [0.2, 0.25) is 4.44 Å². The normalized spacial score (nSPS) is 12.8. The van der Waals surface area contributed by atoms with Gasteiger partial charge in [-0.1, -0.05) is 0 Å². The minimum atomic E-state index is -3.40. The molecular formula is C21H22O2Sn. The molecule has 0 heterocycles. The molecule has 3 aromatic carbocycles. The second-order valence-corrected chi connectivity index (χ2v) is 17.3. The zero-order valence-corrected chi connectivity index (χ0v) is 16.4. The molecule has 1 unspecified atom stereocenters. The fourth-order valence-electron chi connectivity index (χ4n) is 3.44. The Kier molecular flexibility index (Phi) is 5.71. The second-order valence-electron chi connectivity index (χ2n) is 6.04. The predicted octanol–water partition coefficient (Wildman–Crippen LogP) is 1.51. The SMILES string of the molecule is OCC(O)[CH2][Sn]([c]1ccccc1)([c]1ccccc1)[c]1ccccc1. The number of rotatable bonds is 6. The van der Waals surface area contributed by atoms with Crippen LogP contribution in [0, 0.1) is 0 Å². The molecule has 0 bridgehead atoms. The number of aliphatic hydroxyl groups excluding tert-OH is 2. The molecule has 0 aliphatic carbocycles. The summed E-state index contributed by atoms with van der Waals surface area (Å²) in [6, 6.07) is 31.6. The van der Waals surface area contributed by atoms with Crippen molar-refractivity contribution >= 4 is 29.1 Å². The van der Waals surface area contributed by atoms with Gasteiger partial charge in [0.25, 0.3) is 0 Å².